The molecule has 0 radical (unpaired) electrons. The zero-order valence-corrected chi connectivity index (χ0v) is 20.6. The molecule has 1 aromatic heterocycles. The molecule has 3 aromatic rings. The lowest BCUT2D eigenvalue weighted by atomic mass is 9.99. The molecule has 0 fully saturated rings. The van der Waals surface area contributed by atoms with Crippen LogP contribution in [0, 0.1) is 0 Å². The van der Waals surface area contributed by atoms with E-state index in [0.29, 0.717) is 23.1 Å². The Morgan fingerprint density at radius 3 is 2.44 bits per heavy atom. The molecule has 10 heteroatoms. The van der Waals surface area contributed by atoms with Gasteiger partial charge >= 0.3 is 5.69 Å². The molecule has 2 N–H and O–H groups in total. The maximum Gasteiger partial charge on any atom is 0.328 e. The van der Waals surface area contributed by atoms with Gasteiger partial charge in [0.2, 0.25) is 10.0 Å². The Morgan fingerprint density at radius 2 is 1.76 bits per heavy atom. The third-order valence-corrected chi connectivity index (χ3v) is 6.45. The van der Waals surface area contributed by atoms with Gasteiger partial charge < -0.3 is 0 Å². The summed E-state index contributed by atoms with van der Waals surface area (Å²) in [6.07, 6.45) is 6.03. The van der Waals surface area contributed by atoms with E-state index in [1.54, 1.807) is 0 Å². The van der Waals surface area contributed by atoms with Crippen molar-refractivity contribution in [3.8, 4) is 0 Å². The molecule has 34 heavy (non-hydrogen) atoms. The molecule has 0 bridgehead atoms. The number of aromatic amines is 1. The van der Waals surface area contributed by atoms with Gasteiger partial charge in [-0.1, -0.05) is 36.4 Å². The molecule has 0 spiro atoms. The Bertz CT molecular complexity index is 1400. The average Bonchev–Trinajstić information content (AvgIpc) is 2.78. The molecule has 8 nitrogen and oxygen atoms in total. The summed E-state index contributed by atoms with van der Waals surface area (Å²) < 4.78 is 27.0. The monoisotopic (exact) mass is 504 g/mol. The predicted molar refractivity (Wildman–Crippen MR) is 139 cm³/mol. The molecule has 0 saturated heterocycles. The minimum atomic E-state index is -3.47. The van der Waals surface area contributed by atoms with Crippen LogP contribution >= 0.6 is 12.4 Å². The summed E-state index contributed by atoms with van der Waals surface area (Å²) in [6, 6.07) is 15.0. The molecule has 1 aliphatic heterocycles. The summed E-state index contributed by atoms with van der Waals surface area (Å²) in [5.74, 6) is 0. The molecule has 2 aromatic carbocycles. The van der Waals surface area contributed by atoms with Gasteiger partial charge in [0.05, 0.1) is 22.8 Å². The van der Waals surface area contributed by atoms with E-state index >= 15 is 0 Å². The Labute approximate surface area is 204 Å². The summed E-state index contributed by atoms with van der Waals surface area (Å²) in [5.41, 5.74) is 2.44. The number of unbranched alkanes of at least 4 members (excludes halogenated alkanes) is 1. The van der Waals surface area contributed by atoms with Crippen LogP contribution in [0.15, 0.2) is 64.2 Å². The summed E-state index contributed by atoms with van der Waals surface area (Å²) in [6.45, 7) is 3.28. The molecule has 2 heterocycles. The minimum absolute atomic E-state index is 0. The normalized spacial score (nSPS) is 14.4. The first-order chi connectivity index (χ1) is 15.8. The Hall–Kier alpha value is -2.88. The molecule has 0 atom stereocenters. The van der Waals surface area contributed by atoms with Gasteiger partial charge in [0.1, 0.15) is 0 Å². The number of aromatic nitrogens is 2. The third-order valence-electron chi connectivity index (χ3n) is 5.85. The van der Waals surface area contributed by atoms with Crippen molar-refractivity contribution in [1.29, 1.82) is 0 Å². The maximum atomic E-state index is 12.5. The van der Waals surface area contributed by atoms with Crippen molar-refractivity contribution in [3.63, 3.8) is 0 Å². The number of nitrogens with one attached hydrogen (secondary N) is 2. The van der Waals surface area contributed by atoms with Crippen molar-refractivity contribution in [2.45, 2.75) is 25.8 Å². The zero-order valence-electron chi connectivity index (χ0n) is 19.0. The van der Waals surface area contributed by atoms with E-state index < -0.39 is 21.3 Å². The lowest BCUT2D eigenvalue weighted by Crippen LogP contribution is -2.31. The van der Waals surface area contributed by atoms with Gasteiger partial charge in [0.15, 0.2) is 0 Å². The van der Waals surface area contributed by atoms with Crippen LogP contribution in [0.3, 0.4) is 0 Å². The fraction of sp³-hybridized carbons (Fsp3) is 0.333. The lowest BCUT2D eigenvalue weighted by molar-refractivity contribution is 0.292. The molecule has 0 unspecified atom stereocenters. The van der Waals surface area contributed by atoms with E-state index in [9.17, 15) is 18.0 Å². The second-order valence-electron chi connectivity index (χ2n) is 8.37. The topological polar surface area (TPSA) is 104 Å². The van der Waals surface area contributed by atoms with Gasteiger partial charge in [0, 0.05) is 19.6 Å². The van der Waals surface area contributed by atoms with Crippen LogP contribution in [0.5, 0.6) is 0 Å². The van der Waals surface area contributed by atoms with E-state index in [0.717, 1.165) is 45.2 Å². The number of nitrogens with zero attached hydrogens (tertiary/aromatic N) is 2. The van der Waals surface area contributed by atoms with Crippen LogP contribution in [0.25, 0.3) is 16.5 Å². The molecule has 182 valence electrons. The van der Waals surface area contributed by atoms with Crippen LogP contribution in [-0.4, -0.2) is 48.8 Å². The van der Waals surface area contributed by atoms with Crippen molar-refractivity contribution >= 4 is 44.6 Å². The number of aryl methyl sites for hydroxylation is 1. The number of rotatable bonds is 8. The molecule has 4 rings (SSSR count). The van der Waals surface area contributed by atoms with Crippen LogP contribution in [0.2, 0.25) is 0 Å². The van der Waals surface area contributed by atoms with E-state index in [4.69, 9.17) is 0 Å². The van der Waals surface area contributed by atoms with E-state index in [-0.39, 0.29) is 12.4 Å². The summed E-state index contributed by atoms with van der Waals surface area (Å²) >= 11 is 0. The largest absolute Gasteiger partial charge is 0.328 e. The van der Waals surface area contributed by atoms with Crippen LogP contribution in [-0.2, 0) is 16.6 Å². The van der Waals surface area contributed by atoms with Crippen molar-refractivity contribution < 1.29 is 8.42 Å². The second-order valence-corrected chi connectivity index (χ2v) is 10.1. The number of sulfonamides is 1. The molecular formula is C24H29ClN4O4S. The number of halogens is 1. The fourth-order valence-corrected chi connectivity index (χ4v) is 4.78. The summed E-state index contributed by atoms with van der Waals surface area (Å²) in [5, 5.41) is 0.350. The highest BCUT2D eigenvalue weighted by Gasteiger charge is 2.13. The average molecular weight is 505 g/mol. The number of benzene rings is 2. The first kappa shape index (κ1) is 25.7. The van der Waals surface area contributed by atoms with E-state index in [2.05, 4.69) is 44.9 Å². The predicted octanol–water partition coefficient (Wildman–Crippen LogP) is 3.05. The van der Waals surface area contributed by atoms with Crippen molar-refractivity contribution in [1.82, 2.24) is 14.5 Å². The first-order valence-corrected chi connectivity index (χ1v) is 12.9. The second kappa shape index (κ2) is 11.0. The Kier molecular flexibility index (Phi) is 8.35. The Balaban J connectivity index is 0.00000324. The van der Waals surface area contributed by atoms with Gasteiger partial charge in [-0.3, -0.25) is 24.0 Å². The summed E-state index contributed by atoms with van der Waals surface area (Å²) in [4.78, 5) is 29.4. The highest BCUT2D eigenvalue weighted by molar-refractivity contribution is 7.92. The van der Waals surface area contributed by atoms with Crippen LogP contribution < -0.4 is 16.0 Å². The first-order valence-electron chi connectivity index (χ1n) is 11.0. The van der Waals surface area contributed by atoms with E-state index in [1.165, 1.54) is 33.9 Å². The molecule has 1 aliphatic rings. The van der Waals surface area contributed by atoms with Gasteiger partial charge in [-0.05, 0) is 55.1 Å². The number of hydrogen-bond acceptors (Lipinski definition) is 5. The van der Waals surface area contributed by atoms with Gasteiger partial charge in [-0.2, -0.15) is 0 Å². The van der Waals surface area contributed by atoms with Crippen molar-refractivity contribution in [2.24, 2.45) is 0 Å². The number of fused-ring (bicyclic) bond motifs is 1. The zero-order chi connectivity index (χ0) is 23.4. The number of H-pyrrole nitrogens is 1. The number of hydrogen-bond donors (Lipinski definition) is 2. The molecule has 0 aliphatic carbocycles. The molecular weight excluding hydrogens is 476 g/mol. The molecule has 0 amide bonds. The van der Waals surface area contributed by atoms with Gasteiger partial charge in [0.25, 0.3) is 5.56 Å². The SMILES string of the molecule is CS(=O)(=O)Nc1ccc2c(=O)[nH]c(=O)n(CCCCN3CC=C(c4ccccc4)CC3)c2c1.Cl. The fourth-order valence-electron chi connectivity index (χ4n) is 4.22. The third kappa shape index (κ3) is 6.37. The van der Waals surface area contributed by atoms with Crippen molar-refractivity contribution in [2.75, 3.05) is 30.6 Å². The standard InChI is InChI=1S/C24H28N4O4S.ClH/c1-33(31,32)26-20-9-10-21-22(17-20)28(24(30)25-23(21)29)14-6-5-13-27-15-11-19(12-16-27)18-7-3-2-4-8-18;/h2-4,7-11,17,26H,5-6,12-16H2,1H3,(H,25,29,30);1H. The summed E-state index contributed by atoms with van der Waals surface area (Å²) in [7, 11) is -3.47. The Morgan fingerprint density at radius 1 is 1.03 bits per heavy atom. The lowest BCUT2D eigenvalue weighted by Gasteiger charge is -2.26. The van der Waals surface area contributed by atoms with E-state index in [1.807, 2.05) is 6.07 Å². The quantitative estimate of drug-likeness (QED) is 0.459. The maximum absolute atomic E-state index is 12.5. The van der Waals surface area contributed by atoms with Crippen LogP contribution in [0.1, 0.15) is 24.8 Å². The highest BCUT2D eigenvalue weighted by Crippen LogP contribution is 2.22. The smallest absolute Gasteiger partial charge is 0.299 e. The highest BCUT2D eigenvalue weighted by atomic mass is 35.5. The van der Waals surface area contributed by atoms with Crippen LogP contribution in [0.4, 0.5) is 5.69 Å². The van der Waals surface area contributed by atoms with Gasteiger partial charge in [-0.25, -0.2) is 13.2 Å². The number of anilines is 1. The van der Waals surface area contributed by atoms with Crippen molar-refractivity contribution in [3.05, 3.63) is 81.0 Å². The molecule has 0 saturated carbocycles. The van der Waals surface area contributed by atoms with Gasteiger partial charge in [-0.15, -0.1) is 12.4 Å². The minimum Gasteiger partial charge on any atom is -0.299 e.